The molecule has 1 fully saturated rings. The Morgan fingerprint density at radius 3 is 2.79 bits per heavy atom. The lowest BCUT2D eigenvalue weighted by Gasteiger charge is -2.15. The van der Waals surface area contributed by atoms with E-state index in [1.165, 1.54) is 17.0 Å². The number of likely N-dealkylation sites (tertiary alicyclic amines) is 1. The smallest absolute Gasteiger partial charge is 0.433 e. The molecule has 0 saturated carbocycles. The third kappa shape index (κ3) is 3.27. The van der Waals surface area contributed by atoms with E-state index in [4.69, 9.17) is 5.11 Å². The van der Waals surface area contributed by atoms with Crippen LogP contribution in [0.15, 0.2) is 18.2 Å². The van der Waals surface area contributed by atoms with Crippen LogP contribution >= 0.6 is 0 Å². The Kier molecular flexibility index (Phi) is 3.50. The predicted molar refractivity (Wildman–Crippen MR) is 60.9 cm³/mol. The summed E-state index contributed by atoms with van der Waals surface area (Å²) in [7, 11) is 0. The molecule has 1 amide bonds. The van der Waals surface area contributed by atoms with Crippen LogP contribution in [0, 0.1) is 0 Å². The highest BCUT2D eigenvalue weighted by Gasteiger charge is 2.33. The van der Waals surface area contributed by atoms with Gasteiger partial charge in [-0.05, 0) is 18.6 Å². The zero-order valence-electron chi connectivity index (χ0n) is 9.81. The molecule has 1 aromatic heterocycles. The highest BCUT2D eigenvalue weighted by molar-refractivity contribution is 5.65. The average molecular weight is 275 g/mol. The van der Waals surface area contributed by atoms with E-state index in [-0.39, 0.29) is 18.4 Å². The summed E-state index contributed by atoms with van der Waals surface area (Å²) in [4.78, 5) is 15.4. The summed E-state index contributed by atoms with van der Waals surface area (Å²) in [6.45, 7) is 0.610. The molecule has 1 aliphatic rings. The van der Waals surface area contributed by atoms with Gasteiger partial charge in [0.15, 0.2) is 0 Å². The molecule has 2 heterocycles. The molecule has 104 valence electrons. The SMILES string of the molecule is O=C(O)N1CCC(Nc2cccc(C(F)(F)F)n2)C1. The van der Waals surface area contributed by atoms with Gasteiger partial charge in [-0.15, -0.1) is 0 Å². The van der Waals surface area contributed by atoms with Crippen molar-refractivity contribution in [3.63, 3.8) is 0 Å². The maximum Gasteiger partial charge on any atom is 0.433 e. The molecule has 1 atom stereocenters. The summed E-state index contributed by atoms with van der Waals surface area (Å²) in [6, 6.07) is 3.37. The minimum absolute atomic E-state index is 0.104. The lowest BCUT2D eigenvalue weighted by Crippen LogP contribution is -2.30. The predicted octanol–water partition coefficient (Wildman–Crippen LogP) is 2.26. The Hall–Kier alpha value is -1.99. The first kappa shape index (κ1) is 13.4. The second-order valence-electron chi connectivity index (χ2n) is 4.26. The highest BCUT2D eigenvalue weighted by atomic mass is 19.4. The van der Waals surface area contributed by atoms with Crippen LogP contribution in [-0.2, 0) is 6.18 Å². The number of alkyl halides is 3. The number of amides is 1. The number of nitrogens with one attached hydrogen (secondary N) is 1. The molecular formula is C11H12F3N3O2. The second-order valence-corrected chi connectivity index (χ2v) is 4.26. The Labute approximate surface area is 107 Å². The van der Waals surface area contributed by atoms with Crippen LogP contribution < -0.4 is 5.32 Å². The second kappa shape index (κ2) is 4.94. The molecule has 19 heavy (non-hydrogen) atoms. The summed E-state index contributed by atoms with van der Waals surface area (Å²) < 4.78 is 37.4. The average Bonchev–Trinajstić information content (AvgIpc) is 2.77. The van der Waals surface area contributed by atoms with Crippen molar-refractivity contribution in [3.8, 4) is 0 Å². The van der Waals surface area contributed by atoms with Crippen LogP contribution in [-0.4, -0.2) is 40.2 Å². The molecule has 0 spiro atoms. The van der Waals surface area contributed by atoms with E-state index >= 15 is 0 Å². The van der Waals surface area contributed by atoms with Crippen molar-refractivity contribution in [2.24, 2.45) is 0 Å². The van der Waals surface area contributed by atoms with Crippen LogP contribution in [0.3, 0.4) is 0 Å². The first-order valence-electron chi connectivity index (χ1n) is 5.65. The zero-order chi connectivity index (χ0) is 14.0. The van der Waals surface area contributed by atoms with Gasteiger partial charge in [0.05, 0.1) is 0 Å². The molecule has 2 rings (SSSR count). The van der Waals surface area contributed by atoms with Gasteiger partial charge in [0.25, 0.3) is 0 Å². The van der Waals surface area contributed by atoms with E-state index in [2.05, 4.69) is 10.3 Å². The Morgan fingerprint density at radius 1 is 1.47 bits per heavy atom. The fourth-order valence-electron chi connectivity index (χ4n) is 1.93. The van der Waals surface area contributed by atoms with Gasteiger partial charge in [-0.3, -0.25) is 0 Å². The van der Waals surface area contributed by atoms with E-state index in [1.54, 1.807) is 0 Å². The standard InChI is InChI=1S/C11H12F3N3O2/c12-11(13,14)8-2-1-3-9(16-8)15-7-4-5-17(6-7)10(18)19/h1-3,7H,4-6H2,(H,15,16)(H,18,19). The largest absolute Gasteiger partial charge is 0.465 e. The molecule has 0 aromatic carbocycles. The van der Waals surface area contributed by atoms with Crippen molar-refractivity contribution >= 4 is 11.9 Å². The van der Waals surface area contributed by atoms with Crippen molar-refractivity contribution in [2.45, 2.75) is 18.6 Å². The molecule has 1 saturated heterocycles. The zero-order valence-corrected chi connectivity index (χ0v) is 9.81. The van der Waals surface area contributed by atoms with Gasteiger partial charge in [-0.25, -0.2) is 9.78 Å². The molecule has 1 aliphatic heterocycles. The molecule has 8 heteroatoms. The number of aromatic nitrogens is 1. The molecule has 0 radical (unpaired) electrons. The van der Waals surface area contributed by atoms with Gasteiger partial charge in [0.1, 0.15) is 11.5 Å². The van der Waals surface area contributed by atoms with Crippen molar-refractivity contribution in [3.05, 3.63) is 23.9 Å². The molecule has 2 N–H and O–H groups in total. The van der Waals surface area contributed by atoms with Crippen LogP contribution in [0.5, 0.6) is 0 Å². The van der Waals surface area contributed by atoms with Crippen LogP contribution in [0.2, 0.25) is 0 Å². The number of carbonyl (C=O) groups is 1. The molecule has 1 unspecified atom stereocenters. The molecule has 1 aromatic rings. The first-order valence-corrected chi connectivity index (χ1v) is 5.65. The molecule has 0 bridgehead atoms. The van der Waals surface area contributed by atoms with Crippen LogP contribution in [0.1, 0.15) is 12.1 Å². The number of hydrogen-bond donors (Lipinski definition) is 2. The third-order valence-electron chi connectivity index (χ3n) is 2.85. The maximum absolute atomic E-state index is 12.5. The van der Waals surface area contributed by atoms with Crippen LogP contribution in [0.4, 0.5) is 23.8 Å². The molecule has 5 nitrogen and oxygen atoms in total. The van der Waals surface area contributed by atoms with Crippen molar-refractivity contribution in [1.29, 1.82) is 0 Å². The minimum atomic E-state index is -4.49. The summed E-state index contributed by atoms with van der Waals surface area (Å²) in [6.07, 6.45) is -4.97. The highest BCUT2D eigenvalue weighted by Crippen LogP contribution is 2.28. The minimum Gasteiger partial charge on any atom is -0.465 e. The van der Waals surface area contributed by atoms with Gasteiger partial charge >= 0.3 is 12.3 Å². The lowest BCUT2D eigenvalue weighted by atomic mass is 10.2. The monoisotopic (exact) mass is 275 g/mol. The van der Waals surface area contributed by atoms with Crippen LogP contribution in [0.25, 0.3) is 0 Å². The number of anilines is 1. The topological polar surface area (TPSA) is 65.5 Å². The number of halogens is 3. The fraction of sp³-hybridized carbons (Fsp3) is 0.455. The normalized spacial score (nSPS) is 19.5. The number of hydrogen-bond acceptors (Lipinski definition) is 3. The van der Waals surface area contributed by atoms with Gasteiger partial charge in [-0.2, -0.15) is 13.2 Å². The van der Waals surface area contributed by atoms with Crippen molar-refractivity contribution in [2.75, 3.05) is 18.4 Å². The Morgan fingerprint density at radius 2 is 2.21 bits per heavy atom. The molecule has 0 aliphatic carbocycles. The Balaban J connectivity index is 2.03. The third-order valence-corrected chi connectivity index (χ3v) is 2.85. The quantitative estimate of drug-likeness (QED) is 0.869. The van der Waals surface area contributed by atoms with Gasteiger partial charge in [0, 0.05) is 19.1 Å². The van der Waals surface area contributed by atoms with Gasteiger partial charge in [0.2, 0.25) is 0 Å². The van der Waals surface area contributed by atoms with Gasteiger partial charge < -0.3 is 15.3 Å². The summed E-state index contributed by atoms with van der Waals surface area (Å²) in [5.74, 6) is 0.104. The van der Waals surface area contributed by atoms with E-state index in [0.717, 1.165) is 6.07 Å². The Bertz CT molecular complexity index is 478. The number of rotatable bonds is 2. The van der Waals surface area contributed by atoms with Crippen molar-refractivity contribution in [1.82, 2.24) is 9.88 Å². The first-order chi connectivity index (χ1) is 8.86. The summed E-state index contributed by atoms with van der Waals surface area (Å²) in [5, 5.41) is 11.6. The summed E-state index contributed by atoms with van der Waals surface area (Å²) in [5.41, 5.74) is -0.967. The van der Waals surface area contributed by atoms with Crippen molar-refractivity contribution < 1.29 is 23.1 Å². The van der Waals surface area contributed by atoms with E-state index in [9.17, 15) is 18.0 Å². The lowest BCUT2D eigenvalue weighted by molar-refractivity contribution is -0.141. The van der Waals surface area contributed by atoms with E-state index in [1.807, 2.05) is 0 Å². The number of carboxylic acid groups (broad SMARTS) is 1. The maximum atomic E-state index is 12.5. The molecular weight excluding hydrogens is 263 g/mol. The summed E-state index contributed by atoms with van der Waals surface area (Å²) >= 11 is 0. The number of nitrogens with zero attached hydrogens (tertiary/aromatic N) is 2. The fourth-order valence-corrected chi connectivity index (χ4v) is 1.93. The number of pyridine rings is 1. The van der Waals surface area contributed by atoms with Gasteiger partial charge in [-0.1, -0.05) is 6.07 Å². The van der Waals surface area contributed by atoms with E-state index < -0.39 is 18.0 Å². The van der Waals surface area contributed by atoms with E-state index in [0.29, 0.717) is 13.0 Å².